The van der Waals surface area contributed by atoms with Crippen molar-refractivity contribution in [2.75, 3.05) is 11.9 Å². The van der Waals surface area contributed by atoms with Crippen molar-refractivity contribution in [1.29, 1.82) is 5.26 Å². The number of hydrogen-bond acceptors (Lipinski definition) is 3. The van der Waals surface area contributed by atoms with E-state index in [4.69, 9.17) is 5.26 Å². The standard InChI is InChI=1S/C19H21N3O/c1-2-22(14-16-8-4-3-5-9-16)15-17-10-6-7-11-18(17)21-19(23)12-13-20/h3-11H,2,12,14-15H2,1H3,(H,21,23). The minimum Gasteiger partial charge on any atom is -0.325 e. The van der Waals surface area contributed by atoms with Gasteiger partial charge in [-0.05, 0) is 23.7 Å². The third kappa shape index (κ3) is 5.24. The number of nitrogens with one attached hydrogen (secondary N) is 1. The van der Waals surface area contributed by atoms with Crippen LogP contribution in [0.4, 0.5) is 5.69 Å². The van der Waals surface area contributed by atoms with Crippen LogP contribution in [-0.2, 0) is 17.9 Å². The predicted octanol–water partition coefficient (Wildman–Crippen LogP) is 3.56. The van der Waals surface area contributed by atoms with E-state index >= 15 is 0 Å². The molecule has 0 aliphatic carbocycles. The smallest absolute Gasteiger partial charge is 0.238 e. The number of benzene rings is 2. The fraction of sp³-hybridized carbons (Fsp3) is 0.263. The summed E-state index contributed by atoms with van der Waals surface area (Å²) in [5.74, 6) is -0.272. The number of hydrogen-bond donors (Lipinski definition) is 1. The minimum atomic E-state index is -0.272. The average Bonchev–Trinajstić information content (AvgIpc) is 2.57. The van der Waals surface area contributed by atoms with E-state index in [-0.39, 0.29) is 12.3 Å². The molecule has 23 heavy (non-hydrogen) atoms. The van der Waals surface area contributed by atoms with Gasteiger partial charge in [0, 0.05) is 18.8 Å². The van der Waals surface area contributed by atoms with Crippen molar-refractivity contribution >= 4 is 11.6 Å². The zero-order valence-corrected chi connectivity index (χ0v) is 13.3. The summed E-state index contributed by atoms with van der Waals surface area (Å²) in [6.45, 7) is 4.64. The van der Waals surface area contributed by atoms with Crippen LogP contribution in [0.1, 0.15) is 24.5 Å². The molecule has 0 atom stereocenters. The maximum atomic E-state index is 11.7. The Kier molecular flexibility index (Phi) is 6.34. The molecule has 4 heteroatoms. The molecule has 0 fully saturated rings. The molecule has 0 bridgehead atoms. The van der Waals surface area contributed by atoms with E-state index < -0.39 is 0 Å². The zero-order chi connectivity index (χ0) is 16.5. The van der Waals surface area contributed by atoms with Crippen LogP contribution in [0.25, 0.3) is 0 Å². The molecule has 2 rings (SSSR count). The molecule has 4 nitrogen and oxygen atoms in total. The van der Waals surface area contributed by atoms with Gasteiger partial charge in [-0.15, -0.1) is 0 Å². The Morgan fingerprint density at radius 3 is 2.48 bits per heavy atom. The van der Waals surface area contributed by atoms with E-state index in [2.05, 4.69) is 29.3 Å². The second-order valence-electron chi connectivity index (χ2n) is 5.33. The lowest BCUT2D eigenvalue weighted by atomic mass is 10.1. The minimum absolute atomic E-state index is 0.129. The van der Waals surface area contributed by atoms with E-state index in [9.17, 15) is 4.79 Å². The summed E-state index contributed by atoms with van der Waals surface area (Å²) < 4.78 is 0. The van der Waals surface area contributed by atoms with E-state index in [1.54, 1.807) is 0 Å². The van der Waals surface area contributed by atoms with Gasteiger partial charge in [-0.1, -0.05) is 55.5 Å². The Hall–Kier alpha value is -2.64. The van der Waals surface area contributed by atoms with Crippen LogP contribution < -0.4 is 5.32 Å². The van der Waals surface area contributed by atoms with E-state index in [0.29, 0.717) is 0 Å². The molecule has 0 aromatic heterocycles. The van der Waals surface area contributed by atoms with E-state index in [1.807, 2.05) is 48.5 Å². The lowest BCUT2D eigenvalue weighted by Gasteiger charge is -2.22. The topological polar surface area (TPSA) is 56.1 Å². The van der Waals surface area contributed by atoms with Crippen LogP contribution in [-0.4, -0.2) is 17.4 Å². The normalized spacial score (nSPS) is 10.3. The number of rotatable bonds is 7. The summed E-state index contributed by atoms with van der Waals surface area (Å²) in [5.41, 5.74) is 3.09. The number of nitrogens with zero attached hydrogens (tertiary/aromatic N) is 2. The first-order valence-electron chi connectivity index (χ1n) is 7.74. The first-order valence-corrected chi connectivity index (χ1v) is 7.74. The number of nitriles is 1. The van der Waals surface area contributed by atoms with Gasteiger partial charge in [-0.25, -0.2) is 0 Å². The molecule has 0 spiro atoms. The highest BCUT2D eigenvalue weighted by atomic mass is 16.1. The van der Waals surface area contributed by atoms with Crippen LogP contribution in [0.3, 0.4) is 0 Å². The molecule has 2 aromatic carbocycles. The molecule has 0 radical (unpaired) electrons. The Balaban J connectivity index is 2.08. The van der Waals surface area contributed by atoms with E-state index in [1.165, 1.54) is 5.56 Å². The highest BCUT2D eigenvalue weighted by Crippen LogP contribution is 2.18. The SMILES string of the molecule is CCN(Cc1ccccc1)Cc1ccccc1NC(=O)CC#N. The van der Waals surface area contributed by atoms with Gasteiger partial charge in [0.1, 0.15) is 6.42 Å². The molecule has 0 aliphatic rings. The fourth-order valence-corrected chi connectivity index (χ4v) is 2.41. The molecule has 0 unspecified atom stereocenters. The maximum absolute atomic E-state index is 11.7. The number of anilines is 1. The molecule has 0 saturated heterocycles. The summed E-state index contributed by atoms with van der Waals surface area (Å²) in [7, 11) is 0. The molecular formula is C19H21N3O. The average molecular weight is 307 g/mol. The fourth-order valence-electron chi connectivity index (χ4n) is 2.41. The Labute approximate surface area is 137 Å². The molecule has 1 amide bonds. The second kappa shape index (κ2) is 8.72. The summed E-state index contributed by atoms with van der Waals surface area (Å²) in [4.78, 5) is 14.0. The van der Waals surface area contributed by atoms with Crippen LogP contribution >= 0.6 is 0 Å². The summed E-state index contributed by atoms with van der Waals surface area (Å²) in [5, 5.41) is 11.4. The van der Waals surface area contributed by atoms with Gasteiger partial charge >= 0.3 is 0 Å². The van der Waals surface area contributed by atoms with Crippen molar-refractivity contribution in [1.82, 2.24) is 4.90 Å². The van der Waals surface area contributed by atoms with Gasteiger partial charge in [0.2, 0.25) is 5.91 Å². The predicted molar refractivity (Wildman–Crippen MR) is 91.5 cm³/mol. The lowest BCUT2D eigenvalue weighted by molar-refractivity contribution is -0.115. The van der Waals surface area contributed by atoms with Gasteiger partial charge in [-0.3, -0.25) is 9.69 Å². The third-order valence-corrected chi connectivity index (χ3v) is 3.62. The first-order chi connectivity index (χ1) is 11.2. The highest BCUT2D eigenvalue weighted by molar-refractivity contribution is 5.92. The third-order valence-electron chi connectivity index (χ3n) is 3.62. The van der Waals surface area contributed by atoms with Gasteiger partial charge in [-0.2, -0.15) is 5.26 Å². The molecule has 0 saturated carbocycles. The Bertz CT molecular complexity index is 677. The largest absolute Gasteiger partial charge is 0.325 e. The molecule has 0 aliphatic heterocycles. The molecular weight excluding hydrogens is 286 g/mol. The van der Waals surface area contributed by atoms with Gasteiger partial charge < -0.3 is 5.32 Å². The van der Waals surface area contributed by atoms with Crippen LogP contribution in [0.2, 0.25) is 0 Å². The van der Waals surface area contributed by atoms with Crippen molar-refractivity contribution < 1.29 is 4.79 Å². The Morgan fingerprint density at radius 2 is 1.78 bits per heavy atom. The summed E-state index contributed by atoms with van der Waals surface area (Å²) in [6, 6.07) is 19.9. The molecule has 0 heterocycles. The number of para-hydroxylation sites is 1. The first kappa shape index (κ1) is 16.7. The van der Waals surface area contributed by atoms with Crippen LogP contribution in [0.15, 0.2) is 54.6 Å². The number of carbonyl (C=O) groups is 1. The highest BCUT2D eigenvalue weighted by Gasteiger charge is 2.10. The number of carbonyl (C=O) groups excluding carboxylic acids is 1. The van der Waals surface area contributed by atoms with E-state index in [0.717, 1.165) is 30.9 Å². The van der Waals surface area contributed by atoms with Gasteiger partial charge in [0.15, 0.2) is 0 Å². The zero-order valence-electron chi connectivity index (χ0n) is 13.3. The molecule has 118 valence electrons. The quantitative estimate of drug-likeness (QED) is 0.851. The van der Waals surface area contributed by atoms with Crippen LogP contribution in [0.5, 0.6) is 0 Å². The maximum Gasteiger partial charge on any atom is 0.238 e. The Morgan fingerprint density at radius 1 is 1.09 bits per heavy atom. The molecule has 2 aromatic rings. The van der Waals surface area contributed by atoms with Crippen molar-refractivity contribution in [3.8, 4) is 6.07 Å². The van der Waals surface area contributed by atoms with Crippen molar-refractivity contribution in [3.05, 3.63) is 65.7 Å². The lowest BCUT2D eigenvalue weighted by Crippen LogP contribution is -2.23. The van der Waals surface area contributed by atoms with Crippen molar-refractivity contribution in [2.24, 2.45) is 0 Å². The van der Waals surface area contributed by atoms with Gasteiger partial charge in [0.25, 0.3) is 0 Å². The summed E-state index contributed by atoms with van der Waals surface area (Å²) in [6.07, 6.45) is -0.129. The van der Waals surface area contributed by atoms with Crippen molar-refractivity contribution in [3.63, 3.8) is 0 Å². The monoisotopic (exact) mass is 307 g/mol. The number of amides is 1. The second-order valence-corrected chi connectivity index (χ2v) is 5.33. The van der Waals surface area contributed by atoms with Gasteiger partial charge in [0.05, 0.1) is 6.07 Å². The van der Waals surface area contributed by atoms with Crippen LogP contribution in [0, 0.1) is 11.3 Å². The molecule has 1 N–H and O–H groups in total. The summed E-state index contributed by atoms with van der Waals surface area (Å²) >= 11 is 0. The van der Waals surface area contributed by atoms with Crippen molar-refractivity contribution in [2.45, 2.75) is 26.4 Å².